The number of rotatable bonds is 3. The molecular weight excluding hydrogens is 316 g/mol. The summed E-state index contributed by atoms with van der Waals surface area (Å²) < 4.78 is 11.5. The molecule has 2 aliphatic rings. The lowest BCUT2D eigenvalue weighted by Crippen LogP contribution is -2.46. The van der Waals surface area contributed by atoms with Crippen LogP contribution in [0.2, 0.25) is 0 Å². The van der Waals surface area contributed by atoms with Gasteiger partial charge in [0.25, 0.3) is 0 Å². The zero-order valence-corrected chi connectivity index (χ0v) is 14.0. The highest BCUT2D eigenvalue weighted by Gasteiger charge is 2.28. The minimum Gasteiger partial charge on any atom is -0.491 e. The van der Waals surface area contributed by atoms with Gasteiger partial charge in [-0.1, -0.05) is 48.5 Å². The Kier molecular flexibility index (Phi) is 4.57. The first kappa shape index (κ1) is 16.0. The summed E-state index contributed by atoms with van der Waals surface area (Å²) in [7, 11) is 0. The van der Waals surface area contributed by atoms with Crippen LogP contribution >= 0.6 is 0 Å². The van der Waals surface area contributed by atoms with Crippen LogP contribution in [0.4, 0.5) is 4.79 Å². The van der Waals surface area contributed by atoms with Crippen molar-refractivity contribution >= 4 is 6.03 Å². The minimum absolute atomic E-state index is 0.0378. The molecule has 0 saturated carbocycles. The fourth-order valence-corrected chi connectivity index (χ4v) is 3.50. The van der Waals surface area contributed by atoms with Gasteiger partial charge in [0, 0.05) is 18.2 Å². The Morgan fingerprint density at radius 1 is 1.00 bits per heavy atom. The zero-order chi connectivity index (χ0) is 17.1. The highest BCUT2D eigenvalue weighted by atomic mass is 16.5. The number of para-hydroxylation sites is 1. The average molecular weight is 338 g/mol. The molecule has 2 aliphatic heterocycles. The van der Waals surface area contributed by atoms with Crippen molar-refractivity contribution in [3.05, 3.63) is 65.7 Å². The molecule has 0 bridgehead atoms. The molecule has 0 aromatic heterocycles. The zero-order valence-electron chi connectivity index (χ0n) is 14.0. The van der Waals surface area contributed by atoms with Crippen molar-refractivity contribution in [3.8, 4) is 5.75 Å². The number of ether oxygens (including phenoxy) is 2. The Bertz CT molecular complexity index is 735. The second kappa shape index (κ2) is 7.15. The molecule has 2 aromatic carbocycles. The third-order valence-electron chi connectivity index (χ3n) is 4.80. The SMILES string of the molecule is O=C(NC1CCOC(c2ccccc2)C1)NC1COc2ccccc21. The lowest BCUT2D eigenvalue weighted by atomic mass is 9.97. The number of hydrogen-bond acceptors (Lipinski definition) is 3. The van der Waals surface area contributed by atoms with Crippen molar-refractivity contribution in [2.24, 2.45) is 0 Å². The van der Waals surface area contributed by atoms with E-state index in [0.717, 1.165) is 29.7 Å². The Balaban J connectivity index is 1.34. The van der Waals surface area contributed by atoms with Gasteiger partial charge in [-0.25, -0.2) is 4.79 Å². The molecule has 1 fully saturated rings. The third kappa shape index (κ3) is 3.61. The molecule has 0 spiro atoms. The van der Waals surface area contributed by atoms with E-state index in [1.165, 1.54) is 0 Å². The quantitative estimate of drug-likeness (QED) is 0.902. The fourth-order valence-electron chi connectivity index (χ4n) is 3.50. The van der Waals surface area contributed by atoms with Crippen LogP contribution in [0.15, 0.2) is 54.6 Å². The van der Waals surface area contributed by atoms with Crippen LogP contribution in [0.1, 0.15) is 36.1 Å². The largest absolute Gasteiger partial charge is 0.491 e. The van der Waals surface area contributed by atoms with Gasteiger partial charge in [-0.3, -0.25) is 0 Å². The molecule has 5 heteroatoms. The second-order valence-corrected chi connectivity index (χ2v) is 6.51. The van der Waals surface area contributed by atoms with E-state index in [0.29, 0.717) is 13.2 Å². The van der Waals surface area contributed by atoms with Crippen LogP contribution in [0, 0.1) is 0 Å². The highest BCUT2D eigenvalue weighted by molar-refractivity contribution is 5.75. The molecule has 3 unspecified atom stereocenters. The minimum atomic E-state index is -0.149. The molecule has 1 saturated heterocycles. The Morgan fingerprint density at radius 3 is 2.68 bits per heavy atom. The van der Waals surface area contributed by atoms with E-state index in [-0.39, 0.29) is 24.2 Å². The van der Waals surface area contributed by atoms with Crippen molar-refractivity contribution in [1.82, 2.24) is 10.6 Å². The summed E-state index contributed by atoms with van der Waals surface area (Å²) in [4.78, 5) is 12.4. The normalized spacial score (nSPS) is 24.9. The molecule has 2 heterocycles. The number of nitrogens with one attached hydrogen (secondary N) is 2. The van der Waals surface area contributed by atoms with Gasteiger partial charge >= 0.3 is 6.03 Å². The molecule has 2 N–H and O–H groups in total. The van der Waals surface area contributed by atoms with Crippen LogP contribution < -0.4 is 15.4 Å². The van der Waals surface area contributed by atoms with E-state index in [9.17, 15) is 4.79 Å². The van der Waals surface area contributed by atoms with Gasteiger partial charge in [0.1, 0.15) is 12.4 Å². The lowest BCUT2D eigenvalue weighted by Gasteiger charge is -2.30. The number of benzene rings is 2. The summed E-state index contributed by atoms with van der Waals surface area (Å²) in [6, 6.07) is 17.8. The molecule has 5 nitrogen and oxygen atoms in total. The van der Waals surface area contributed by atoms with Gasteiger partial charge in [0.2, 0.25) is 0 Å². The van der Waals surface area contributed by atoms with Crippen LogP contribution in [0.25, 0.3) is 0 Å². The number of hydrogen-bond donors (Lipinski definition) is 2. The predicted molar refractivity (Wildman–Crippen MR) is 94.5 cm³/mol. The Hall–Kier alpha value is -2.53. The van der Waals surface area contributed by atoms with Crippen LogP contribution in [0.3, 0.4) is 0 Å². The second-order valence-electron chi connectivity index (χ2n) is 6.51. The van der Waals surface area contributed by atoms with Gasteiger partial charge in [0.05, 0.1) is 12.1 Å². The first-order chi connectivity index (χ1) is 12.3. The summed E-state index contributed by atoms with van der Waals surface area (Å²) in [5.41, 5.74) is 2.19. The summed E-state index contributed by atoms with van der Waals surface area (Å²) in [6.07, 6.45) is 1.65. The Labute approximate surface area is 147 Å². The summed E-state index contributed by atoms with van der Waals surface area (Å²) in [5.74, 6) is 0.850. The molecule has 25 heavy (non-hydrogen) atoms. The molecule has 0 aliphatic carbocycles. The summed E-state index contributed by atoms with van der Waals surface area (Å²) in [5, 5.41) is 6.11. The Morgan fingerprint density at radius 2 is 1.80 bits per heavy atom. The van der Waals surface area contributed by atoms with E-state index in [4.69, 9.17) is 9.47 Å². The molecule has 130 valence electrons. The fraction of sp³-hybridized carbons (Fsp3) is 0.350. The maximum absolute atomic E-state index is 12.4. The van der Waals surface area contributed by atoms with E-state index >= 15 is 0 Å². The van der Waals surface area contributed by atoms with Gasteiger partial charge in [0.15, 0.2) is 0 Å². The first-order valence-electron chi connectivity index (χ1n) is 8.75. The standard InChI is InChI=1S/C20H22N2O3/c23-20(22-17-13-25-18-9-5-4-8-16(17)18)21-15-10-11-24-19(12-15)14-6-2-1-3-7-14/h1-9,15,17,19H,10-13H2,(H2,21,22,23). The van der Waals surface area contributed by atoms with Crippen LogP contribution in [-0.2, 0) is 4.74 Å². The van der Waals surface area contributed by atoms with Gasteiger partial charge < -0.3 is 20.1 Å². The topological polar surface area (TPSA) is 59.6 Å². The molecule has 2 amide bonds. The summed E-state index contributed by atoms with van der Waals surface area (Å²) >= 11 is 0. The molecule has 3 atom stereocenters. The number of urea groups is 1. The average Bonchev–Trinajstić information content (AvgIpc) is 3.06. The van der Waals surface area contributed by atoms with Crippen molar-refractivity contribution in [2.45, 2.75) is 31.0 Å². The number of fused-ring (bicyclic) bond motifs is 1. The molecule has 4 rings (SSSR count). The van der Waals surface area contributed by atoms with E-state index in [1.807, 2.05) is 42.5 Å². The number of amides is 2. The predicted octanol–water partition coefficient (Wildman–Crippen LogP) is 3.34. The third-order valence-corrected chi connectivity index (χ3v) is 4.80. The molecule has 2 aromatic rings. The lowest BCUT2D eigenvalue weighted by molar-refractivity contribution is 0.00220. The van der Waals surface area contributed by atoms with Crippen LogP contribution in [-0.4, -0.2) is 25.3 Å². The highest BCUT2D eigenvalue weighted by Crippen LogP contribution is 2.32. The van der Waals surface area contributed by atoms with Crippen molar-refractivity contribution < 1.29 is 14.3 Å². The first-order valence-corrected chi connectivity index (χ1v) is 8.75. The monoisotopic (exact) mass is 338 g/mol. The van der Waals surface area contributed by atoms with Crippen molar-refractivity contribution in [1.29, 1.82) is 0 Å². The van der Waals surface area contributed by atoms with Crippen molar-refractivity contribution in [3.63, 3.8) is 0 Å². The maximum atomic E-state index is 12.4. The summed E-state index contributed by atoms with van der Waals surface area (Å²) in [6.45, 7) is 1.13. The molecule has 0 radical (unpaired) electrons. The van der Waals surface area contributed by atoms with Gasteiger partial charge in [-0.15, -0.1) is 0 Å². The van der Waals surface area contributed by atoms with Crippen LogP contribution in [0.5, 0.6) is 5.75 Å². The smallest absolute Gasteiger partial charge is 0.315 e. The number of carbonyl (C=O) groups excluding carboxylic acids is 1. The molecular formula is C20H22N2O3. The van der Waals surface area contributed by atoms with Gasteiger partial charge in [-0.05, 0) is 24.5 Å². The van der Waals surface area contributed by atoms with Gasteiger partial charge in [-0.2, -0.15) is 0 Å². The number of carbonyl (C=O) groups is 1. The van der Waals surface area contributed by atoms with E-state index in [1.54, 1.807) is 0 Å². The van der Waals surface area contributed by atoms with E-state index < -0.39 is 0 Å². The maximum Gasteiger partial charge on any atom is 0.315 e. The van der Waals surface area contributed by atoms with E-state index in [2.05, 4.69) is 22.8 Å². The van der Waals surface area contributed by atoms with Crippen molar-refractivity contribution in [2.75, 3.05) is 13.2 Å².